The second-order valence-corrected chi connectivity index (χ2v) is 7.34. The average Bonchev–Trinajstić information content (AvgIpc) is 3.27. The number of likely N-dealkylation sites (tertiary alicyclic amines) is 1. The first-order valence-electron chi connectivity index (χ1n) is 9.85. The van der Waals surface area contributed by atoms with E-state index < -0.39 is 0 Å². The quantitative estimate of drug-likeness (QED) is 0.711. The van der Waals surface area contributed by atoms with Crippen LogP contribution in [0.4, 0.5) is 0 Å². The van der Waals surface area contributed by atoms with E-state index in [0.29, 0.717) is 38.6 Å². The van der Waals surface area contributed by atoms with E-state index in [0.717, 1.165) is 31.4 Å². The van der Waals surface area contributed by atoms with Crippen LogP contribution in [-0.2, 0) is 9.47 Å². The summed E-state index contributed by atoms with van der Waals surface area (Å²) >= 11 is 0. The number of oxazole rings is 1. The molecule has 150 valence electrons. The molecule has 7 heteroatoms. The zero-order valence-corrected chi connectivity index (χ0v) is 15.9. The third-order valence-electron chi connectivity index (χ3n) is 5.51. The van der Waals surface area contributed by atoms with E-state index in [1.54, 1.807) is 0 Å². The summed E-state index contributed by atoms with van der Waals surface area (Å²) in [7, 11) is 0. The third kappa shape index (κ3) is 4.54. The van der Waals surface area contributed by atoms with Crippen LogP contribution in [0, 0.1) is 0 Å². The fourth-order valence-corrected chi connectivity index (χ4v) is 3.96. The molecular weight excluding hydrogens is 360 g/mol. The number of aromatic nitrogens is 1. The predicted octanol–water partition coefficient (Wildman–Crippen LogP) is 2.92. The van der Waals surface area contributed by atoms with Crippen LogP contribution in [0.25, 0.3) is 0 Å². The first-order chi connectivity index (χ1) is 13.7. The van der Waals surface area contributed by atoms with Gasteiger partial charge in [-0.2, -0.15) is 0 Å². The van der Waals surface area contributed by atoms with Crippen molar-refractivity contribution in [3.63, 3.8) is 0 Å². The van der Waals surface area contributed by atoms with Crippen LogP contribution >= 0.6 is 0 Å². The normalized spacial score (nSPS) is 21.6. The SMILES string of the molecule is O=C(c1cocn1)N1CCC2(CC1)CC(OCCOc1ccccc1)CCO2. The number of nitrogens with zero attached hydrogens (tertiary/aromatic N) is 2. The molecule has 2 saturated heterocycles. The van der Waals surface area contributed by atoms with Gasteiger partial charge in [0.05, 0.1) is 18.3 Å². The molecule has 0 aliphatic carbocycles. The van der Waals surface area contributed by atoms with Gasteiger partial charge in [0.1, 0.15) is 18.6 Å². The topological polar surface area (TPSA) is 74.0 Å². The molecule has 2 fully saturated rings. The van der Waals surface area contributed by atoms with Gasteiger partial charge in [0.15, 0.2) is 12.1 Å². The number of carbonyl (C=O) groups is 1. The molecule has 28 heavy (non-hydrogen) atoms. The highest BCUT2D eigenvalue weighted by molar-refractivity contribution is 5.91. The molecule has 7 nitrogen and oxygen atoms in total. The van der Waals surface area contributed by atoms with Crippen LogP contribution in [0.5, 0.6) is 5.75 Å². The fraction of sp³-hybridized carbons (Fsp3) is 0.524. The Bertz CT molecular complexity index is 741. The van der Waals surface area contributed by atoms with E-state index >= 15 is 0 Å². The molecule has 2 aliphatic heterocycles. The number of benzene rings is 1. The van der Waals surface area contributed by atoms with Crippen molar-refractivity contribution in [1.29, 1.82) is 0 Å². The molecule has 1 spiro atoms. The zero-order chi connectivity index (χ0) is 19.2. The summed E-state index contributed by atoms with van der Waals surface area (Å²) in [6.45, 7) is 3.12. The molecule has 1 aromatic heterocycles. The van der Waals surface area contributed by atoms with E-state index in [4.69, 9.17) is 18.6 Å². The van der Waals surface area contributed by atoms with Gasteiger partial charge in [0, 0.05) is 26.1 Å². The molecule has 0 bridgehead atoms. The first-order valence-corrected chi connectivity index (χ1v) is 9.85. The number of ether oxygens (including phenoxy) is 3. The summed E-state index contributed by atoms with van der Waals surface area (Å²) in [6.07, 6.45) is 6.25. The van der Waals surface area contributed by atoms with Gasteiger partial charge in [-0.15, -0.1) is 0 Å². The summed E-state index contributed by atoms with van der Waals surface area (Å²) < 4.78 is 22.8. The Balaban J connectivity index is 1.22. The minimum Gasteiger partial charge on any atom is -0.491 e. The molecule has 3 heterocycles. The molecule has 1 amide bonds. The van der Waals surface area contributed by atoms with E-state index in [1.807, 2.05) is 35.2 Å². The van der Waals surface area contributed by atoms with Gasteiger partial charge in [0.25, 0.3) is 5.91 Å². The smallest absolute Gasteiger partial charge is 0.275 e. The second-order valence-electron chi connectivity index (χ2n) is 7.34. The van der Waals surface area contributed by atoms with Gasteiger partial charge in [0.2, 0.25) is 0 Å². The summed E-state index contributed by atoms with van der Waals surface area (Å²) in [4.78, 5) is 18.2. The summed E-state index contributed by atoms with van der Waals surface area (Å²) in [5.74, 6) is 0.781. The highest BCUT2D eigenvalue weighted by Crippen LogP contribution is 2.36. The number of rotatable bonds is 6. The minimum absolute atomic E-state index is 0.0785. The van der Waals surface area contributed by atoms with Crippen molar-refractivity contribution < 1.29 is 23.4 Å². The number of hydrogen-bond donors (Lipinski definition) is 0. The van der Waals surface area contributed by atoms with Crippen molar-refractivity contribution in [3.05, 3.63) is 48.7 Å². The van der Waals surface area contributed by atoms with Gasteiger partial charge >= 0.3 is 0 Å². The van der Waals surface area contributed by atoms with Crippen LogP contribution in [0.1, 0.15) is 36.2 Å². The van der Waals surface area contributed by atoms with E-state index in [1.165, 1.54) is 12.7 Å². The maximum absolute atomic E-state index is 12.4. The van der Waals surface area contributed by atoms with Crippen LogP contribution in [0.15, 0.2) is 47.4 Å². The van der Waals surface area contributed by atoms with Crippen LogP contribution in [0.3, 0.4) is 0 Å². The van der Waals surface area contributed by atoms with E-state index in [-0.39, 0.29) is 17.6 Å². The van der Waals surface area contributed by atoms with Crippen molar-refractivity contribution in [2.45, 2.75) is 37.4 Å². The van der Waals surface area contributed by atoms with Crippen LogP contribution in [-0.4, -0.2) is 60.4 Å². The molecule has 1 aromatic carbocycles. The number of hydrogen-bond acceptors (Lipinski definition) is 6. The highest BCUT2D eigenvalue weighted by atomic mass is 16.5. The maximum atomic E-state index is 12.4. The lowest BCUT2D eigenvalue weighted by Gasteiger charge is -2.45. The standard InChI is InChI=1S/C21H26N2O5/c24-20(19-15-25-16-22-19)23-9-7-21(8-10-23)14-18(6-11-28-21)27-13-12-26-17-4-2-1-3-5-17/h1-5,15-16,18H,6-14H2. The Morgan fingerprint density at radius 1 is 1.21 bits per heavy atom. The van der Waals surface area contributed by atoms with Crippen molar-refractivity contribution in [1.82, 2.24) is 9.88 Å². The number of piperidine rings is 1. The summed E-state index contributed by atoms with van der Waals surface area (Å²) in [5.41, 5.74) is 0.171. The Hall–Kier alpha value is -2.38. The van der Waals surface area contributed by atoms with Crippen LogP contribution < -0.4 is 4.74 Å². The Morgan fingerprint density at radius 2 is 2.04 bits per heavy atom. The first kappa shape index (κ1) is 19.0. The number of carbonyl (C=O) groups excluding carboxylic acids is 1. The lowest BCUT2D eigenvalue weighted by atomic mass is 9.83. The molecule has 1 atom stereocenters. The summed E-state index contributed by atoms with van der Waals surface area (Å²) in [6, 6.07) is 9.76. The van der Waals surface area contributed by atoms with Gasteiger partial charge in [-0.25, -0.2) is 4.98 Å². The zero-order valence-electron chi connectivity index (χ0n) is 15.9. The van der Waals surface area contributed by atoms with Crippen molar-refractivity contribution in [3.8, 4) is 5.75 Å². The number of para-hydroxylation sites is 1. The molecule has 2 aromatic rings. The lowest BCUT2D eigenvalue weighted by Crippen LogP contribution is -2.52. The molecule has 4 rings (SSSR count). The van der Waals surface area contributed by atoms with Gasteiger partial charge in [-0.3, -0.25) is 4.79 Å². The van der Waals surface area contributed by atoms with Crippen LogP contribution in [0.2, 0.25) is 0 Å². The monoisotopic (exact) mass is 386 g/mol. The fourth-order valence-electron chi connectivity index (χ4n) is 3.96. The highest BCUT2D eigenvalue weighted by Gasteiger charge is 2.41. The third-order valence-corrected chi connectivity index (χ3v) is 5.51. The van der Waals surface area contributed by atoms with E-state index in [9.17, 15) is 4.79 Å². The van der Waals surface area contributed by atoms with Crippen molar-refractivity contribution >= 4 is 5.91 Å². The summed E-state index contributed by atoms with van der Waals surface area (Å²) in [5, 5.41) is 0. The largest absolute Gasteiger partial charge is 0.491 e. The van der Waals surface area contributed by atoms with Crippen molar-refractivity contribution in [2.24, 2.45) is 0 Å². The maximum Gasteiger partial charge on any atom is 0.275 e. The number of amides is 1. The predicted molar refractivity (Wildman–Crippen MR) is 101 cm³/mol. The Labute approximate surface area is 164 Å². The molecule has 0 saturated carbocycles. The Morgan fingerprint density at radius 3 is 2.79 bits per heavy atom. The van der Waals surface area contributed by atoms with Gasteiger partial charge in [-0.1, -0.05) is 18.2 Å². The molecule has 1 unspecified atom stereocenters. The van der Waals surface area contributed by atoms with Crippen molar-refractivity contribution in [2.75, 3.05) is 32.9 Å². The molecular formula is C21H26N2O5. The Kier molecular flexibility index (Phi) is 5.92. The van der Waals surface area contributed by atoms with Gasteiger partial charge < -0.3 is 23.5 Å². The molecule has 0 radical (unpaired) electrons. The second kappa shape index (κ2) is 8.75. The average molecular weight is 386 g/mol. The lowest BCUT2D eigenvalue weighted by molar-refractivity contribution is -0.153. The molecule has 0 N–H and O–H groups in total. The molecule has 2 aliphatic rings. The van der Waals surface area contributed by atoms with Gasteiger partial charge in [-0.05, 0) is 31.4 Å². The van der Waals surface area contributed by atoms with E-state index in [2.05, 4.69) is 4.98 Å². The minimum atomic E-state index is -0.191.